The molecule has 1 fully saturated rings. The SMILES string of the molecule is Cl.NCC1CCCCN1C(=O)c1cc2cc(Cl)ccc2oc1=O. The average Bonchev–Trinajstić information content (AvgIpc) is 2.54. The van der Waals surface area contributed by atoms with Crippen molar-refractivity contribution in [1.82, 2.24) is 4.90 Å². The number of amides is 1. The minimum Gasteiger partial charge on any atom is -0.422 e. The lowest BCUT2D eigenvalue weighted by Crippen LogP contribution is -2.48. The first-order valence-electron chi connectivity index (χ1n) is 7.34. The third-order valence-corrected chi connectivity index (χ3v) is 4.32. The summed E-state index contributed by atoms with van der Waals surface area (Å²) in [4.78, 5) is 26.5. The van der Waals surface area contributed by atoms with E-state index in [1.54, 1.807) is 29.2 Å². The summed E-state index contributed by atoms with van der Waals surface area (Å²) in [5, 5.41) is 1.16. The van der Waals surface area contributed by atoms with Crippen molar-refractivity contribution in [2.45, 2.75) is 25.3 Å². The number of nitrogens with zero attached hydrogens (tertiary/aromatic N) is 1. The number of rotatable bonds is 2. The lowest BCUT2D eigenvalue weighted by molar-refractivity contribution is 0.0619. The minimum atomic E-state index is -0.624. The fourth-order valence-electron chi connectivity index (χ4n) is 2.91. The molecule has 1 aromatic heterocycles. The molecule has 7 heteroatoms. The van der Waals surface area contributed by atoms with Gasteiger partial charge in [0.15, 0.2) is 0 Å². The second-order valence-electron chi connectivity index (χ2n) is 5.51. The van der Waals surface area contributed by atoms with Gasteiger partial charge < -0.3 is 15.1 Å². The van der Waals surface area contributed by atoms with E-state index in [4.69, 9.17) is 21.8 Å². The van der Waals surface area contributed by atoms with Crippen LogP contribution in [0.3, 0.4) is 0 Å². The number of nitrogens with two attached hydrogens (primary N) is 1. The minimum absolute atomic E-state index is 0. The second-order valence-corrected chi connectivity index (χ2v) is 5.95. The molecule has 124 valence electrons. The van der Waals surface area contributed by atoms with Crippen LogP contribution < -0.4 is 11.4 Å². The van der Waals surface area contributed by atoms with Crippen LogP contribution in [0.1, 0.15) is 29.6 Å². The molecule has 1 saturated heterocycles. The van der Waals surface area contributed by atoms with Gasteiger partial charge in [-0.25, -0.2) is 4.79 Å². The fraction of sp³-hybridized carbons (Fsp3) is 0.375. The number of benzene rings is 1. The van der Waals surface area contributed by atoms with Crippen LogP contribution in [0.5, 0.6) is 0 Å². The predicted molar refractivity (Wildman–Crippen MR) is 92.5 cm³/mol. The van der Waals surface area contributed by atoms with Crippen molar-refractivity contribution in [3.63, 3.8) is 0 Å². The Morgan fingerprint density at radius 2 is 2.13 bits per heavy atom. The van der Waals surface area contributed by atoms with Gasteiger partial charge in [-0.1, -0.05) is 11.6 Å². The molecule has 1 aliphatic heterocycles. The summed E-state index contributed by atoms with van der Waals surface area (Å²) in [5.74, 6) is -0.314. The predicted octanol–water partition coefficient (Wildman–Crippen LogP) is 2.82. The van der Waals surface area contributed by atoms with Gasteiger partial charge in [-0.05, 0) is 43.5 Å². The van der Waals surface area contributed by atoms with Crippen molar-refractivity contribution in [2.24, 2.45) is 5.73 Å². The maximum atomic E-state index is 12.7. The molecule has 1 aromatic carbocycles. The zero-order chi connectivity index (χ0) is 15.7. The smallest absolute Gasteiger partial charge is 0.349 e. The molecule has 1 aliphatic rings. The number of carbonyl (C=O) groups excluding carboxylic acids is 1. The second kappa shape index (κ2) is 7.34. The zero-order valence-corrected chi connectivity index (χ0v) is 14.0. The molecule has 0 spiro atoms. The molecule has 0 aliphatic carbocycles. The van der Waals surface area contributed by atoms with Gasteiger partial charge in [0.25, 0.3) is 5.91 Å². The molecule has 23 heavy (non-hydrogen) atoms. The number of carbonyl (C=O) groups is 1. The number of piperidine rings is 1. The highest BCUT2D eigenvalue weighted by Crippen LogP contribution is 2.22. The molecule has 1 amide bonds. The van der Waals surface area contributed by atoms with Crippen molar-refractivity contribution in [3.05, 3.63) is 45.3 Å². The van der Waals surface area contributed by atoms with E-state index in [1.165, 1.54) is 0 Å². The van der Waals surface area contributed by atoms with E-state index in [0.29, 0.717) is 29.1 Å². The summed E-state index contributed by atoms with van der Waals surface area (Å²) in [7, 11) is 0. The fourth-order valence-corrected chi connectivity index (χ4v) is 3.09. The topological polar surface area (TPSA) is 76.5 Å². The molecule has 2 heterocycles. The molecular weight excluding hydrogens is 339 g/mol. The van der Waals surface area contributed by atoms with E-state index in [0.717, 1.165) is 19.3 Å². The van der Waals surface area contributed by atoms with Crippen LogP contribution in [0.15, 0.2) is 33.5 Å². The Morgan fingerprint density at radius 3 is 2.87 bits per heavy atom. The van der Waals surface area contributed by atoms with Gasteiger partial charge >= 0.3 is 5.63 Å². The highest BCUT2D eigenvalue weighted by atomic mass is 35.5. The van der Waals surface area contributed by atoms with E-state index < -0.39 is 5.63 Å². The molecule has 0 radical (unpaired) electrons. The lowest BCUT2D eigenvalue weighted by atomic mass is 10.0. The molecule has 1 atom stereocenters. The normalized spacial score (nSPS) is 17.8. The Hall–Kier alpha value is -1.56. The monoisotopic (exact) mass is 356 g/mol. The molecule has 5 nitrogen and oxygen atoms in total. The molecule has 0 saturated carbocycles. The lowest BCUT2D eigenvalue weighted by Gasteiger charge is -2.34. The summed E-state index contributed by atoms with van der Waals surface area (Å²) in [6.07, 6.45) is 2.84. The number of likely N-dealkylation sites (tertiary alicyclic amines) is 1. The van der Waals surface area contributed by atoms with E-state index in [-0.39, 0.29) is 29.9 Å². The van der Waals surface area contributed by atoms with Gasteiger partial charge in [-0.15, -0.1) is 12.4 Å². The van der Waals surface area contributed by atoms with Crippen molar-refractivity contribution >= 4 is 40.9 Å². The van der Waals surface area contributed by atoms with E-state index in [9.17, 15) is 9.59 Å². The average molecular weight is 357 g/mol. The summed E-state index contributed by atoms with van der Waals surface area (Å²) in [6.45, 7) is 1.02. The Morgan fingerprint density at radius 1 is 1.35 bits per heavy atom. The molecule has 0 bridgehead atoms. The van der Waals surface area contributed by atoms with Crippen LogP contribution in [-0.2, 0) is 0 Å². The van der Waals surface area contributed by atoms with Gasteiger partial charge in [0, 0.05) is 29.5 Å². The summed E-state index contributed by atoms with van der Waals surface area (Å²) in [5.41, 5.74) is 5.57. The van der Waals surface area contributed by atoms with E-state index in [1.807, 2.05) is 0 Å². The first-order valence-corrected chi connectivity index (χ1v) is 7.72. The maximum absolute atomic E-state index is 12.7. The van der Waals surface area contributed by atoms with Crippen LogP contribution in [0.25, 0.3) is 11.0 Å². The van der Waals surface area contributed by atoms with Crippen LogP contribution in [-0.4, -0.2) is 29.9 Å². The van der Waals surface area contributed by atoms with E-state index >= 15 is 0 Å². The highest BCUT2D eigenvalue weighted by molar-refractivity contribution is 6.31. The van der Waals surface area contributed by atoms with Crippen molar-refractivity contribution in [2.75, 3.05) is 13.1 Å². The van der Waals surface area contributed by atoms with Gasteiger partial charge in [-0.2, -0.15) is 0 Å². The number of hydrogen-bond acceptors (Lipinski definition) is 4. The quantitative estimate of drug-likeness (QED) is 0.839. The molecule has 2 aromatic rings. The highest BCUT2D eigenvalue weighted by Gasteiger charge is 2.28. The molecular formula is C16H18Cl2N2O3. The maximum Gasteiger partial charge on any atom is 0.349 e. The largest absolute Gasteiger partial charge is 0.422 e. The van der Waals surface area contributed by atoms with Gasteiger partial charge in [0.1, 0.15) is 11.1 Å². The van der Waals surface area contributed by atoms with Crippen LogP contribution in [0, 0.1) is 0 Å². The van der Waals surface area contributed by atoms with E-state index in [2.05, 4.69) is 0 Å². The first kappa shape index (κ1) is 17.8. The zero-order valence-electron chi connectivity index (χ0n) is 12.5. The van der Waals surface area contributed by atoms with Crippen molar-refractivity contribution < 1.29 is 9.21 Å². The summed E-state index contributed by atoms with van der Waals surface area (Å²) >= 11 is 5.95. The standard InChI is InChI=1S/C16H17ClN2O3.ClH/c17-11-4-5-14-10(7-11)8-13(16(21)22-14)15(20)19-6-2-1-3-12(19)9-18;/h4-5,7-8,12H,1-3,6,9,18H2;1H. The number of fused-ring (bicyclic) bond motifs is 1. The van der Waals surface area contributed by atoms with Gasteiger partial charge in [-0.3, -0.25) is 4.79 Å². The number of hydrogen-bond donors (Lipinski definition) is 1. The molecule has 3 rings (SSSR count). The van der Waals surface area contributed by atoms with Crippen molar-refractivity contribution in [3.8, 4) is 0 Å². The Bertz CT molecular complexity index is 775. The third kappa shape index (κ3) is 3.52. The van der Waals surface area contributed by atoms with Crippen LogP contribution in [0.2, 0.25) is 5.02 Å². The molecule has 2 N–H and O–H groups in total. The van der Waals surface area contributed by atoms with Gasteiger partial charge in [0.05, 0.1) is 0 Å². The van der Waals surface area contributed by atoms with Crippen LogP contribution >= 0.6 is 24.0 Å². The number of halogens is 2. The first-order chi connectivity index (χ1) is 10.6. The van der Waals surface area contributed by atoms with Crippen LogP contribution in [0.4, 0.5) is 0 Å². The van der Waals surface area contributed by atoms with Gasteiger partial charge in [0.2, 0.25) is 0 Å². The molecule has 1 unspecified atom stereocenters. The summed E-state index contributed by atoms with van der Waals surface area (Å²) in [6, 6.07) is 6.47. The Labute approximate surface area is 144 Å². The summed E-state index contributed by atoms with van der Waals surface area (Å²) < 4.78 is 5.24. The Balaban J connectivity index is 0.00000192. The third-order valence-electron chi connectivity index (χ3n) is 4.08. The Kier molecular flexibility index (Phi) is 5.68. The van der Waals surface area contributed by atoms with Crippen molar-refractivity contribution in [1.29, 1.82) is 0 Å².